The third-order valence-corrected chi connectivity index (χ3v) is 5.37. The molecule has 33 heavy (non-hydrogen) atoms. The van der Waals surface area contributed by atoms with Gasteiger partial charge in [0.25, 0.3) is 5.56 Å². The summed E-state index contributed by atoms with van der Waals surface area (Å²) in [4.78, 5) is 20.1. The Morgan fingerprint density at radius 1 is 1.15 bits per heavy atom. The van der Waals surface area contributed by atoms with Crippen LogP contribution in [0, 0.1) is 0 Å². The van der Waals surface area contributed by atoms with Gasteiger partial charge in [-0.25, -0.2) is 10.1 Å². The van der Waals surface area contributed by atoms with Crippen LogP contribution < -0.4 is 19.8 Å². The van der Waals surface area contributed by atoms with E-state index in [0.717, 1.165) is 24.0 Å². The Hall–Kier alpha value is -3.95. The van der Waals surface area contributed by atoms with E-state index in [1.165, 1.54) is 19.4 Å². The van der Waals surface area contributed by atoms with Crippen molar-refractivity contribution in [1.29, 1.82) is 0 Å². The Kier molecular flexibility index (Phi) is 5.41. The highest BCUT2D eigenvalue weighted by molar-refractivity contribution is 5.90. The maximum absolute atomic E-state index is 12.9. The molecule has 8 nitrogen and oxygen atoms in total. The van der Waals surface area contributed by atoms with Gasteiger partial charge in [-0.1, -0.05) is 6.07 Å². The molecule has 10 heteroatoms. The molecule has 0 amide bonds. The lowest BCUT2D eigenvalue weighted by Gasteiger charge is -2.14. The third kappa shape index (κ3) is 4.36. The number of ether oxygens (including phenoxy) is 3. The number of nitrogens with zero attached hydrogens (tertiary/aromatic N) is 2. The summed E-state index contributed by atoms with van der Waals surface area (Å²) in [6.45, 7) is -2.96. The molecule has 0 unspecified atom stereocenters. The second kappa shape index (κ2) is 8.53. The van der Waals surface area contributed by atoms with Gasteiger partial charge >= 0.3 is 6.61 Å². The Balaban J connectivity index is 1.62. The predicted molar refractivity (Wildman–Crippen MR) is 116 cm³/mol. The summed E-state index contributed by atoms with van der Waals surface area (Å²) in [5, 5.41) is 6.81. The van der Waals surface area contributed by atoms with Gasteiger partial charge in [-0.05, 0) is 42.2 Å². The van der Waals surface area contributed by atoms with Crippen LogP contribution in [0.25, 0.3) is 22.2 Å². The molecule has 0 spiro atoms. The summed E-state index contributed by atoms with van der Waals surface area (Å²) in [5.41, 5.74) is 3.13. The molecule has 1 aliphatic carbocycles. The van der Waals surface area contributed by atoms with Crippen molar-refractivity contribution in [2.24, 2.45) is 0 Å². The minimum atomic E-state index is -2.96. The summed E-state index contributed by atoms with van der Waals surface area (Å²) in [5.74, 6) is 0.687. The standard InChI is InChI=1S/C23H20F2N4O4/c1-31-19-7-2-12(10-26-19)8-15-20-16(11-27-29-22(20)30)28-21(15)13-3-6-17(33-23(24)25)18(9-13)32-14-4-5-14/h2-3,6-7,9-11,14,23,28H,4-5,8H2,1H3,(H,29,30). The SMILES string of the molecule is COc1ccc(Cc2c(-c3ccc(OC(F)F)c(OC4CC4)c3)[nH]c3cn[nH]c(=O)c23)cn1. The molecule has 0 bridgehead atoms. The van der Waals surface area contributed by atoms with Gasteiger partial charge in [0.05, 0.1) is 36.0 Å². The number of halogens is 2. The van der Waals surface area contributed by atoms with Crippen LogP contribution in [0.3, 0.4) is 0 Å². The Morgan fingerprint density at radius 2 is 2.00 bits per heavy atom. The lowest BCUT2D eigenvalue weighted by molar-refractivity contribution is -0.0516. The van der Waals surface area contributed by atoms with Gasteiger partial charge in [0.2, 0.25) is 5.88 Å². The maximum Gasteiger partial charge on any atom is 0.387 e. The van der Waals surface area contributed by atoms with Gasteiger partial charge in [-0.2, -0.15) is 13.9 Å². The number of alkyl halides is 2. The molecule has 2 N–H and O–H groups in total. The topological polar surface area (TPSA) is 102 Å². The van der Waals surface area contributed by atoms with E-state index in [1.807, 2.05) is 6.07 Å². The van der Waals surface area contributed by atoms with Crippen molar-refractivity contribution in [3.05, 3.63) is 64.2 Å². The van der Waals surface area contributed by atoms with Crippen molar-refractivity contribution >= 4 is 10.9 Å². The first kappa shape index (κ1) is 20.9. The molecule has 0 radical (unpaired) electrons. The van der Waals surface area contributed by atoms with Crippen molar-refractivity contribution in [2.75, 3.05) is 7.11 Å². The van der Waals surface area contributed by atoms with E-state index in [1.54, 1.807) is 24.4 Å². The van der Waals surface area contributed by atoms with E-state index in [2.05, 4.69) is 24.9 Å². The first-order chi connectivity index (χ1) is 16.0. The summed E-state index contributed by atoms with van der Waals surface area (Å²) in [6, 6.07) is 8.36. The number of aromatic nitrogens is 4. The molecule has 0 atom stereocenters. The predicted octanol–water partition coefficient (Wildman–Crippen LogP) is 4.06. The molecule has 0 saturated heterocycles. The number of pyridine rings is 1. The molecule has 5 rings (SSSR count). The van der Waals surface area contributed by atoms with Crippen molar-refractivity contribution in [3.63, 3.8) is 0 Å². The van der Waals surface area contributed by atoms with Crippen LogP contribution >= 0.6 is 0 Å². The van der Waals surface area contributed by atoms with Gasteiger partial charge in [-0.15, -0.1) is 0 Å². The fourth-order valence-electron chi connectivity index (χ4n) is 3.71. The fourth-order valence-corrected chi connectivity index (χ4v) is 3.71. The number of aromatic amines is 2. The zero-order valence-electron chi connectivity index (χ0n) is 17.6. The minimum absolute atomic E-state index is 0.0140. The summed E-state index contributed by atoms with van der Waals surface area (Å²) in [6.07, 6.45) is 5.32. The third-order valence-electron chi connectivity index (χ3n) is 5.37. The van der Waals surface area contributed by atoms with E-state index >= 15 is 0 Å². The molecule has 1 fully saturated rings. The number of fused-ring (bicyclic) bond motifs is 1. The molecule has 170 valence electrons. The number of hydrogen-bond donors (Lipinski definition) is 2. The summed E-state index contributed by atoms with van der Waals surface area (Å²) < 4.78 is 41.3. The Labute approximate surface area is 186 Å². The molecule has 1 aliphatic rings. The first-order valence-electron chi connectivity index (χ1n) is 10.3. The molecule has 1 aromatic carbocycles. The molecular formula is C23H20F2N4O4. The van der Waals surface area contributed by atoms with Gasteiger partial charge in [0.1, 0.15) is 0 Å². The first-order valence-corrected chi connectivity index (χ1v) is 10.3. The zero-order valence-corrected chi connectivity index (χ0v) is 17.6. The number of nitrogens with one attached hydrogen (secondary N) is 2. The van der Waals surface area contributed by atoms with Gasteiger partial charge < -0.3 is 19.2 Å². The summed E-state index contributed by atoms with van der Waals surface area (Å²) in [7, 11) is 1.54. The van der Waals surface area contributed by atoms with Crippen molar-refractivity contribution in [1.82, 2.24) is 20.2 Å². The molecule has 1 saturated carbocycles. The normalized spacial score (nSPS) is 13.5. The van der Waals surface area contributed by atoms with E-state index in [-0.39, 0.29) is 23.2 Å². The van der Waals surface area contributed by atoms with Crippen LogP contribution in [0.2, 0.25) is 0 Å². The smallest absolute Gasteiger partial charge is 0.387 e. The number of rotatable bonds is 8. The van der Waals surface area contributed by atoms with Crippen LogP contribution in [0.4, 0.5) is 8.78 Å². The summed E-state index contributed by atoms with van der Waals surface area (Å²) >= 11 is 0. The number of methoxy groups -OCH3 is 1. The zero-order chi connectivity index (χ0) is 22.9. The minimum Gasteiger partial charge on any atom is -0.487 e. The number of benzene rings is 1. The molecule has 3 aromatic heterocycles. The average molecular weight is 454 g/mol. The molecule has 4 aromatic rings. The van der Waals surface area contributed by atoms with Crippen molar-refractivity contribution < 1.29 is 23.0 Å². The highest BCUT2D eigenvalue weighted by Crippen LogP contribution is 2.39. The number of H-pyrrole nitrogens is 2. The van der Waals surface area contributed by atoms with Gasteiger partial charge in [0, 0.05) is 24.2 Å². The Morgan fingerprint density at radius 3 is 2.70 bits per heavy atom. The quantitative estimate of drug-likeness (QED) is 0.416. The number of hydrogen-bond acceptors (Lipinski definition) is 6. The molecule has 3 heterocycles. The Bertz CT molecular complexity index is 1350. The van der Waals surface area contributed by atoms with E-state index < -0.39 is 6.61 Å². The maximum atomic E-state index is 12.9. The van der Waals surface area contributed by atoms with Crippen LogP contribution in [0.1, 0.15) is 24.0 Å². The van der Waals surface area contributed by atoms with Crippen LogP contribution in [0.5, 0.6) is 17.4 Å². The highest BCUT2D eigenvalue weighted by atomic mass is 19.3. The largest absolute Gasteiger partial charge is 0.487 e. The van der Waals surface area contributed by atoms with E-state index in [0.29, 0.717) is 34.5 Å². The van der Waals surface area contributed by atoms with Crippen LogP contribution in [-0.4, -0.2) is 40.0 Å². The van der Waals surface area contributed by atoms with Crippen molar-refractivity contribution in [2.45, 2.75) is 32.0 Å². The fraction of sp³-hybridized carbons (Fsp3) is 0.261. The average Bonchev–Trinajstić information content (AvgIpc) is 3.54. The second-order valence-corrected chi connectivity index (χ2v) is 7.71. The second-order valence-electron chi connectivity index (χ2n) is 7.71. The lowest BCUT2D eigenvalue weighted by atomic mass is 10.00. The van der Waals surface area contributed by atoms with Crippen LogP contribution in [0.15, 0.2) is 47.5 Å². The van der Waals surface area contributed by atoms with Gasteiger partial charge in [0.15, 0.2) is 11.5 Å². The van der Waals surface area contributed by atoms with Crippen LogP contribution in [-0.2, 0) is 6.42 Å². The van der Waals surface area contributed by atoms with E-state index in [4.69, 9.17) is 9.47 Å². The lowest BCUT2D eigenvalue weighted by Crippen LogP contribution is -2.08. The molecular weight excluding hydrogens is 434 g/mol. The van der Waals surface area contributed by atoms with Crippen molar-refractivity contribution in [3.8, 4) is 28.6 Å². The van der Waals surface area contributed by atoms with Gasteiger partial charge in [-0.3, -0.25) is 4.79 Å². The molecule has 0 aliphatic heterocycles. The van der Waals surface area contributed by atoms with E-state index in [9.17, 15) is 13.6 Å². The highest BCUT2D eigenvalue weighted by Gasteiger charge is 2.26. The monoisotopic (exact) mass is 454 g/mol.